The molecule has 3 nitrogen and oxygen atoms in total. The van der Waals surface area contributed by atoms with Crippen molar-refractivity contribution in [3.63, 3.8) is 0 Å². The second kappa shape index (κ2) is 7.01. The van der Waals surface area contributed by atoms with Crippen molar-refractivity contribution in [1.29, 1.82) is 0 Å². The molecule has 0 amide bonds. The molecule has 0 saturated heterocycles. The molecule has 0 aliphatic heterocycles. The first kappa shape index (κ1) is 15.8. The van der Waals surface area contributed by atoms with Crippen molar-refractivity contribution in [2.45, 2.75) is 13.5 Å². The number of rotatable bonds is 5. The molecule has 0 heterocycles. The van der Waals surface area contributed by atoms with E-state index in [4.69, 9.17) is 4.74 Å². The molecule has 0 radical (unpaired) electrons. The third kappa shape index (κ3) is 3.63. The van der Waals surface area contributed by atoms with E-state index in [-0.39, 0.29) is 11.5 Å². The lowest BCUT2D eigenvalue weighted by molar-refractivity contribution is 0.101. The number of hydrogen-bond acceptors (Lipinski definition) is 3. The summed E-state index contributed by atoms with van der Waals surface area (Å²) >= 11 is 0. The van der Waals surface area contributed by atoms with Crippen LogP contribution in [-0.2, 0) is 6.61 Å². The Bertz CT molecular complexity index is 854. The van der Waals surface area contributed by atoms with E-state index < -0.39 is 0 Å². The maximum absolute atomic E-state index is 11.6. The van der Waals surface area contributed by atoms with Crippen LogP contribution in [0.3, 0.4) is 0 Å². The quantitative estimate of drug-likeness (QED) is 0.685. The predicted molar refractivity (Wildman–Crippen MR) is 94.3 cm³/mol. The maximum atomic E-state index is 11.6. The summed E-state index contributed by atoms with van der Waals surface area (Å²) in [4.78, 5) is 11.6. The van der Waals surface area contributed by atoms with Gasteiger partial charge in [-0.05, 0) is 47.9 Å². The molecule has 3 heteroatoms. The number of carbonyl (C=O) groups is 1. The largest absolute Gasteiger partial charge is 0.507 e. The lowest BCUT2D eigenvalue weighted by atomic mass is 10.0. The van der Waals surface area contributed by atoms with Gasteiger partial charge in [-0.15, -0.1) is 0 Å². The number of ketones is 1. The molecule has 0 aromatic heterocycles. The van der Waals surface area contributed by atoms with Gasteiger partial charge in [0.2, 0.25) is 0 Å². The highest BCUT2D eigenvalue weighted by Gasteiger charge is 2.09. The van der Waals surface area contributed by atoms with E-state index >= 15 is 0 Å². The standard InChI is InChI=1S/C21H18O3/c1-15(22)20-13-18(10-11-21(20)23)17-8-5-9-19(12-17)24-14-16-6-3-2-4-7-16/h2-13,23H,14H2,1H3. The number of Topliss-reactive ketones (excluding diaryl/α,β-unsaturated/α-hetero) is 1. The first-order valence-corrected chi connectivity index (χ1v) is 7.74. The van der Waals surface area contributed by atoms with E-state index in [1.807, 2.05) is 54.6 Å². The van der Waals surface area contributed by atoms with Gasteiger partial charge in [0.05, 0.1) is 5.56 Å². The van der Waals surface area contributed by atoms with E-state index in [2.05, 4.69) is 0 Å². The van der Waals surface area contributed by atoms with Crippen LogP contribution in [0, 0.1) is 0 Å². The van der Waals surface area contributed by atoms with E-state index in [1.165, 1.54) is 6.92 Å². The Morgan fingerprint density at radius 3 is 2.42 bits per heavy atom. The first-order valence-electron chi connectivity index (χ1n) is 7.74. The molecule has 0 aliphatic rings. The van der Waals surface area contributed by atoms with Gasteiger partial charge in [-0.1, -0.05) is 48.5 Å². The van der Waals surface area contributed by atoms with Gasteiger partial charge in [0, 0.05) is 0 Å². The molecule has 0 fully saturated rings. The molecule has 0 unspecified atom stereocenters. The Balaban J connectivity index is 1.83. The maximum Gasteiger partial charge on any atom is 0.163 e. The van der Waals surface area contributed by atoms with Crippen molar-refractivity contribution in [3.05, 3.63) is 83.9 Å². The number of phenolic OH excluding ortho intramolecular Hbond substituents is 1. The molecule has 0 bridgehead atoms. The second-order valence-electron chi connectivity index (χ2n) is 5.59. The predicted octanol–water partition coefficient (Wildman–Crippen LogP) is 4.84. The SMILES string of the molecule is CC(=O)c1cc(-c2cccc(OCc3ccccc3)c2)ccc1O. The zero-order chi connectivity index (χ0) is 16.9. The van der Waals surface area contributed by atoms with Crippen LogP contribution in [0.15, 0.2) is 72.8 Å². The Morgan fingerprint density at radius 1 is 0.917 bits per heavy atom. The topological polar surface area (TPSA) is 46.5 Å². The zero-order valence-electron chi connectivity index (χ0n) is 13.4. The highest BCUT2D eigenvalue weighted by atomic mass is 16.5. The highest BCUT2D eigenvalue weighted by molar-refractivity contribution is 5.98. The first-order chi connectivity index (χ1) is 11.6. The number of aromatic hydroxyl groups is 1. The van der Waals surface area contributed by atoms with Gasteiger partial charge >= 0.3 is 0 Å². The second-order valence-corrected chi connectivity index (χ2v) is 5.59. The summed E-state index contributed by atoms with van der Waals surface area (Å²) in [5.74, 6) is 0.599. The van der Waals surface area contributed by atoms with Crippen LogP contribution in [0.1, 0.15) is 22.8 Å². The van der Waals surface area contributed by atoms with Crippen molar-refractivity contribution in [1.82, 2.24) is 0 Å². The van der Waals surface area contributed by atoms with Crippen LogP contribution in [-0.4, -0.2) is 10.9 Å². The molecule has 3 aromatic rings. The Hall–Kier alpha value is -3.07. The number of phenols is 1. The van der Waals surface area contributed by atoms with Crippen LogP contribution < -0.4 is 4.74 Å². The summed E-state index contributed by atoms with van der Waals surface area (Å²) in [5.41, 5.74) is 3.22. The number of ether oxygens (including phenoxy) is 1. The fourth-order valence-corrected chi connectivity index (χ4v) is 2.50. The molecular weight excluding hydrogens is 300 g/mol. The molecule has 0 aliphatic carbocycles. The van der Waals surface area contributed by atoms with Gasteiger partial charge in [0.25, 0.3) is 0 Å². The average molecular weight is 318 g/mol. The smallest absolute Gasteiger partial charge is 0.163 e. The molecule has 3 rings (SSSR count). The lowest BCUT2D eigenvalue weighted by Crippen LogP contribution is -1.95. The fraction of sp³-hybridized carbons (Fsp3) is 0.0952. The van der Waals surface area contributed by atoms with Crippen LogP contribution >= 0.6 is 0 Å². The van der Waals surface area contributed by atoms with Crippen molar-refractivity contribution < 1.29 is 14.6 Å². The monoisotopic (exact) mass is 318 g/mol. The Labute approximate surface area is 141 Å². The third-order valence-corrected chi connectivity index (χ3v) is 3.79. The number of hydrogen-bond donors (Lipinski definition) is 1. The van der Waals surface area contributed by atoms with E-state index in [0.29, 0.717) is 12.2 Å². The minimum Gasteiger partial charge on any atom is -0.507 e. The van der Waals surface area contributed by atoms with Crippen molar-refractivity contribution in [2.24, 2.45) is 0 Å². The molecule has 0 atom stereocenters. The van der Waals surface area contributed by atoms with Crippen LogP contribution in [0.5, 0.6) is 11.5 Å². The van der Waals surface area contributed by atoms with E-state index in [9.17, 15) is 9.90 Å². The van der Waals surface area contributed by atoms with Crippen LogP contribution in [0.2, 0.25) is 0 Å². The molecule has 24 heavy (non-hydrogen) atoms. The Morgan fingerprint density at radius 2 is 1.67 bits per heavy atom. The molecule has 120 valence electrons. The van der Waals surface area contributed by atoms with Gasteiger partial charge < -0.3 is 9.84 Å². The summed E-state index contributed by atoms with van der Waals surface area (Å²) in [6.45, 7) is 1.94. The van der Waals surface area contributed by atoms with Gasteiger partial charge in [-0.25, -0.2) is 0 Å². The van der Waals surface area contributed by atoms with Gasteiger partial charge in [-0.3, -0.25) is 4.79 Å². The zero-order valence-corrected chi connectivity index (χ0v) is 13.4. The van der Waals surface area contributed by atoms with Crippen LogP contribution in [0.25, 0.3) is 11.1 Å². The molecule has 1 N–H and O–H groups in total. The van der Waals surface area contributed by atoms with Crippen molar-refractivity contribution in [2.75, 3.05) is 0 Å². The summed E-state index contributed by atoms with van der Waals surface area (Å²) in [5, 5.41) is 9.77. The molecule has 3 aromatic carbocycles. The lowest BCUT2D eigenvalue weighted by Gasteiger charge is -2.10. The highest BCUT2D eigenvalue weighted by Crippen LogP contribution is 2.28. The minimum atomic E-state index is -0.161. The Kier molecular flexibility index (Phi) is 4.62. The molecule has 0 spiro atoms. The van der Waals surface area contributed by atoms with Crippen molar-refractivity contribution in [3.8, 4) is 22.6 Å². The fourth-order valence-electron chi connectivity index (χ4n) is 2.50. The summed E-state index contributed by atoms with van der Waals surface area (Å²) < 4.78 is 5.84. The minimum absolute atomic E-state index is 0.00253. The van der Waals surface area contributed by atoms with Gasteiger partial charge in [0.15, 0.2) is 5.78 Å². The van der Waals surface area contributed by atoms with E-state index in [0.717, 1.165) is 22.4 Å². The average Bonchev–Trinajstić information content (AvgIpc) is 2.61. The number of carbonyl (C=O) groups excluding carboxylic acids is 1. The normalized spacial score (nSPS) is 10.4. The van der Waals surface area contributed by atoms with Crippen molar-refractivity contribution >= 4 is 5.78 Å². The summed E-state index contributed by atoms with van der Waals surface area (Å²) in [6.07, 6.45) is 0. The molecule has 0 saturated carbocycles. The number of benzene rings is 3. The van der Waals surface area contributed by atoms with Crippen LogP contribution in [0.4, 0.5) is 0 Å². The molecular formula is C21H18O3. The summed E-state index contributed by atoms with van der Waals surface area (Å²) in [7, 11) is 0. The summed E-state index contributed by atoms with van der Waals surface area (Å²) in [6, 6.07) is 22.7. The van der Waals surface area contributed by atoms with Gasteiger partial charge in [-0.2, -0.15) is 0 Å². The third-order valence-electron chi connectivity index (χ3n) is 3.79. The van der Waals surface area contributed by atoms with Gasteiger partial charge in [0.1, 0.15) is 18.1 Å². The van der Waals surface area contributed by atoms with E-state index in [1.54, 1.807) is 18.2 Å².